The highest BCUT2D eigenvalue weighted by atomic mass is 32.3. The second-order valence-corrected chi connectivity index (χ2v) is 5.83. The number of carbonyl (C=O) groups is 1. The van der Waals surface area contributed by atoms with Crippen molar-refractivity contribution in [3.05, 3.63) is 29.8 Å². The standard InChI is InChI=1S/C12H15FN2O3S.H2/c13-19(17,18)11-3-1-9(2-4-11)5-6-15-12(16)10-7-14-8-10;/h1-4,10,14H,5-8H2,(H,15,16);1H. The van der Waals surface area contributed by atoms with Crippen LogP contribution in [0, 0.1) is 5.92 Å². The Hall–Kier alpha value is -1.47. The Morgan fingerprint density at radius 3 is 2.47 bits per heavy atom. The van der Waals surface area contributed by atoms with Crippen LogP contribution in [-0.2, 0) is 21.4 Å². The first-order valence-electron chi connectivity index (χ1n) is 5.99. The van der Waals surface area contributed by atoms with E-state index in [1.165, 1.54) is 12.1 Å². The molecule has 2 N–H and O–H groups in total. The van der Waals surface area contributed by atoms with Gasteiger partial charge in [-0.2, -0.15) is 8.42 Å². The molecule has 5 nitrogen and oxygen atoms in total. The quantitative estimate of drug-likeness (QED) is 0.772. The van der Waals surface area contributed by atoms with E-state index in [1.807, 2.05) is 0 Å². The average molecular weight is 288 g/mol. The Balaban J connectivity index is 0.00000200. The smallest absolute Gasteiger partial charge is 0.332 e. The zero-order valence-electron chi connectivity index (χ0n) is 10.2. The summed E-state index contributed by atoms with van der Waals surface area (Å²) in [5.74, 6) is 0.0840. The maximum atomic E-state index is 12.7. The largest absolute Gasteiger partial charge is 0.355 e. The first-order chi connectivity index (χ1) is 8.97. The van der Waals surface area contributed by atoms with Crippen molar-refractivity contribution in [2.45, 2.75) is 11.3 Å². The highest BCUT2D eigenvalue weighted by molar-refractivity contribution is 7.86. The third-order valence-corrected chi connectivity index (χ3v) is 3.91. The van der Waals surface area contributed by atoms with E-state index in [0.717, 1.165) is 18.7 Å². The molecular formula is C12H17FN2O3S. The van der Waals surface area contributed by atoms with E-state index in [0.29, 0.717) is 13.0 Å². The maximum absolute atomic E-state index is 12.7. The molecule has 1 aliphatic rings. The fraction of sp³-hybridized carbons (Fsp3) is 0.417. The van der Waals surface area contributed by atoms with Gasteiger partial charge in [0.1, 0.15) is 0 Å². The highest BCUT2D eigenvalue weighted by Gasteiger charge is 2.24. The average Bonchev–Trinajstić information content (AvgIpc) is 2.26. The zero-order valence-corrected chi connectivity index (χ0v) is 11.0. The molecule has 1 heterocycles. The number of rotatable bonds is 5. The Bertz CT molecular complexity index is 559. The predicted octanol–water partition coefficient (Wildman–Crippen LogP) is 0.469. The number of benzene rings is 1. The van der Waals surface area contributed by atoms with Crippen LogP contribution in [0.15, 0.2) is 29.2 Å². The van der Waals surface area contributed by atoms with Crippen LogP contribution >= 0.6 is 0 Å². The molecule has 2 rings (SSSR count). The Morgan fingerprint density at radius 2 is 2.00 bits per heavy atom. The molecule has 7 heteroatoms. The monoisotopic (exact) mass is 288 g/mol. The summed E-state index contributed by atoms with van der Waals surface area (Å²) >= 11 is 0. The van der Waals surface area contributed by atoms with Gasteiger partial charge in [0.05, 0.1) is 10.8 Å². The molecule has 1 fully saturated rings. The van der Waals surface area contributed by atoms with Crippen molar-refractivity contribution < 1.29 is 18.5 Å². The summed E-state index contributed by atoms with van der Waals surface area (Å²) in [4.78, 5) is 11.2. The lowest BCUT2D eigenvalue weighted by Gasteiger charge is -2.25. The van der Waals surface area contributed by atoms with Crippen molar-refractivity contribution in [3.8, 4) is 0 Å². The highest BCUT2D eigenvalue weighted by Crippen LogP contribution is 2.13. The third kappa shape index (κ3) is 3.74. The van der Waals surface area contributed by atoms with Crippen LogP contribution in [0.25, 0.3) is 0 Å². The van der Waals surface area contributed by atoms with E-state index >= 15 is 0 Å². The minimum absolute atomic E-state index is 0. The summed E-state index contributed by atoms with van der Waals surface area (Å²) in [6, 6.07) is 5.54. The summed E-state index contributed by atoms with van der Waals surface area (Å²) in [6.07, 6.45) is 0.582. The van der Waals surface area contributed by atoms with Gasteiger partial charge >= 0.3 is 10.2 Å². The van der Waals surface area contributed by atoms with Crippen LogP contribution in [0.5, 0.6) is 0 Å². The van der Waals surface area contributed by atoms with Gasteiger partial charge in [0.25, 0.3) is 0 Å². The van der Waals surface area contributed by atoms with E-state index < -0.39 is 10.2 Å². The Kier molecular flexibility index (Phi) is 4.16. The van der Waals surface area contributed by atoms with Crippen LogP contribution in [0.2, 0.25) is 0 Å². The molecule has 1 amide bonds. The molecule has 0 unspecified atom stereocenters. The van der Waals surface area contributed by atoms with Crippen molar-refractivity contribution >= 4 is 16.1 Å². The number of hydrogen-bond acceptors (Lipinski definition) is 4. The second kappa shape index (κ2) is 5.66. The van der Waals surface area contributed by atoms with Crippen molar-refractivity contribution in [1.29, 1.82) is 0 Å². The van der Waals surface area contributed by atoms with Crippen LogP contribution in [-0.4, -0.2) is 34.0 Å². The topological polar surface area (TPSA) is 75.3 Å². The van der Waals surface area contributed by atoms with Gasteiger partial charge in [-0.15, -0.1) is 3.89 Å². The van der Waals surface area contributed by atoms with E-state index in [2.05, 4.69) is 10.6 Å². The van der Waals surface area contributed by atoms with Crippen LogP contribution in [0.4, 0.5) is 3.89 Å². The molecule has 1 aromatic rings. The number of halogens is 1. The van der Waals surface area contributed by atoms with Crippen LogP contribution in [0.1, 0.15) is 6.99 Å². The molecule has 1 saturated heterocycles. The van der Waals surface area contributed by atoms with Crippen molar-refractivity contribution in [3.63, 3.8) is 0 Å². The zero-order chi connectivity index (χ0) is 13.9. The van der Waals surface area contributed by atoms with E-state index in [1.54, 1.807) is 12.1 Å². The molecule has 0 aliphatic carbocycles. The summed E-state index contributed by atoms with van der Waals surface area (Å²) in [5, 5.41) is 5.82. The van der Waals surface area contributed by atoms with Gasteiger partial charge in [0.15, 0.2) is 0 Å². The van der Waals surface area contributed by atoms with Crippen LogP contribution < -0.4 is 10.6 Å². The molecule has 1 aromatic carbocycles. The lowest BCUT2D eigenvalue weighted by Crippen LogP contribution is -2.51. The molecule has 106 valence electrons. The Labute approximate surface area is 112 Å². The lowest BCUT2D eigenvalue weighted by atomic mass is 10.0. The molecule has 1 aliphatic heterocycles. The maximum Gasteiger partial charge on any atom is 0.332 e. The molecule has 0 radical (unpaired) electrons. The molecule has 0 aromatic heterocycles. The number of hydrogen-bond donors (Lipinski definition) is 2. The van der Waals surface area contributed by atoms with E-state index in [4.69, 9.17) is 0 Å². The van der Waals surface area contributed by atoms with Gasteiger partial charge in [-0.05, 0) is 24.1 Å². The third-order valence-electron chi connectivity index (χ3n) is 3.07. The summed E-state index contributed by atoms with van der Waals surface area (Å²) in [7, 11) is -4.64. The molecule has 0 spiro atoms. The summed E-state index contributed by atoms with van der Waals surface area (Å²) < 4.78 is 33.9. The number of carbonyl (C=O) groups excluding carboxylic acids is 1. The number of nitrogens with one attached hydrogen (secondary N) is 2. The molecule has 0 saturated carbocycles. The van der Waals surface area contributed by atoms with Crippen molar-refractivity contribution in [1.82, 2.24) is 10.6 Å². The van der Waals surface area contributed by atoms with Gasteiger partial charge in [0, 0.05) is 21.1 Å². The number of amides is 1. The first-order valence-corrected chi connectivity index (χ1v) is 7.37. The SMILES string of the molecule is O=C(NCCc1ccc(S(=O)(=O)F)cc1)C1CNC1.[HH]. The second-order valence-electron chi connectivity index (χ2n) is 4.48. The molecule has 19 heavy (non-hydrogen) atoms. The first kappa shape index (κ1) is 14.0. The van der Waals surface area contributed by atoms with Crippen molar-refractivity contribution in [2.24, 2.45) is 5.92 Å². The van der Waals surface area contributed by atoms with E-state index in [-0.39, 0.29) is 18.1 Å². The van der Waals surface area contributed by atoms with E-state index in [9.17, 15) is 17.1 Å². The van der Waals surface area contributed by atoms with Gasteiger partial charge in [-0.25, -0.2) is 0 Å². The molecule has 0 bridgehead atoms. The minimum Gasteiger partial charge on any atom is -0.355 e. The van der Waals surface area contributed by atoms with Gasteiger partial charge in [0.2, 0.25) is 5.91 Å². The molecular weight excluding hydrogens is 271 g/mol. The fourth-order valence-electron chi connectivity index (χ4n) is 1.77. The van der Waals surface area contributed by atoms with Crippen LogP contribution in [0.3, 0.4) is 0 Å². The minimum atomic E-state index is -4.64. The Morgan fingerprint density at radius 1 is 1.37 bits per heavy atom. The fourth-order valence-corrected chi connectivity index (χ4v) is 2.23. The molecule has 0 atom stereocenters. The van der Waals surface area contributed by atoms with Gasteiger partial charge in [-0.3, -0.25) is 4.79 Å². The van der Waals surface area contributed by atoms with Gasteiger partial charge < -0.3 is 10.6 Å². The predicted molar refractivity (Wildman–Crippen MR) is 69.9 cm³/mol. The lowest BCUT2D eigenvalue weighted by molar-refractivity contribution is -0.126. The van der Waals surface area contributed by atoms with Gasteiger partial charge in [-0.1, -0.05) is 12.1 Å². The van der Waals surface area contributed by atoms with Crippen molar-refractivity contribution in [2.75, 3.05) is 19.6 Å². The summed E-state index contributed by atoms with van der Waals surface area (Å²) in [6.45, 7) is 1.92. The summed E-state index contributed by atoms with van der Waals surface area (Å²) in [5.41, 5.74) is 0.847. The normalized spacial score (nSPS) is 15.8.